The van der Waals surface area contributed by atoms with Crippen LogP contribution in [0.15, 0.2) is 48.5 Å². The second kappa shape index (κ2) is 8.44. The molecule has 2 N–H and O–H groups in total. The number of benzene rings is 2. The highest BCUT2D eigenvalue weighted by molar-refractivity contribution is 6.33. The fourth-order valence-corrected chi connectivity index (χ4v) is 2.51. The lowest BCUT2D eigenvalue weighted by Crippen LogP contribution is -2.37. The van der Waals surface area contributed by atoms with Crippen LogP contribution in [-0.4, -0.2) is 25.7 Å². The Hall–Kier alpha value is -2.20. The predicted molar refractivity (Wildman–Crippen MR) is 97.5 cm³/mol. The van der Waals surface area contributed by atoms with Crippen LogP contribution in [0.2, 0.25) is 5.02 Å². The third kappa shape index (κ3) is 5.18. The third-order valence-corrected chi connectivity index (χ3v) is 3.87. The summed E-state index contributed by atoms with van der Waals surface area (Å²) < 4.78 is 0. The zero-order chi connectivity index (χ0) is 16.7. The Balaban J connectivity index is 1.83. The standard InChI is InChI=1S/C18H22ClN3O/c1-3-22(15-8-6-7-14(2)13-15)12-11-20-18(23)21-17-10-5-4-9-16(17)19/h4-10,13H,3,11-12H2,1-2H3,(H2,20,21,23). The van der Waals surface area contributed by atoms with E-state index in [-0.39, 0.29) is 6.03 Å². The third-order valence-electron chi connectivity index (χ3n) is 3.54. The molecular formula is C18H22ClN3O. The van der Waals surface area contributed by atoms with E-state index in [1.165, 1.54) is 11.3 Å². The van der Waals surface area contributed by atoms with E-state index in [9.17, 15) is 4.79 Å². The highest BCUT2D eigenvalue weighted by Crippen LogP contribution is 2.20. The fourth-order valence-electron chi connectivity index (χ4n) is 2.33. The second-order valence-electron chi connectivity index (χ2n) is 5.28. The van der Waals surface area contributed by atoms with Gasteiger partial charge in [0.05, 0.1) is 10.7 Å². The van der Waals surface area contributed by atoms with Crippen LogP contribution in [0.1, 0.15) is 12.5 Å². The van der Waals surface area contributed by atoms with Crippen molar-refractivity contribution < 1.29 is 4.79 Å². The number of para-hydroxylation sites is 1. The van der Waals surface area contributed by atoms with E-state index >= 15 is 0 Å². The van der Waals surface area contributed by atoms with Crippen molar-refractivity contribution in [3.63, 3.8) is 0 Å². The first-order valence-corrected chi connectivity index (χ1v) is 8.09. The molecule has 2 amide bonds. The minimum Gasteiger partial charge on any atom is -0.370 e. The van der Waals surface area contributed by atoms with Crippen LogP contribution in [0, 0.1) is 6.92 Å². The molecule has 2 aromatic carbocycles. The van der Waals surface area contributed by atoms with Crippen LogP contribution < -0.4 is 15.5 Å². The molecule has 2 aromatic rings. The molecule has 0 heterocycles. The van der Waals surface area contributed by atoms with Crippen molar-refractivity contribution in [3.8, 4) is 0 Å². The van der Waals surface area contributed by atoms with E-state index in [0.29, 0.717) is 17.3 Å². The fraction of sp³-hybridized carbons (Fsp3) is 0.278. The zero-order valence-corrected chi connectivity index (χ0v) is 14.2. The summed E-state index contributed by atoms with van der Waals surface area (Å²) in [6.07, 6.45) is 0. The highest BCUT2D eigenvalue weighted by Gasteiger charge is 2.07. The number of carbonyl (C=O) groups is 1. The van der Waals surface area contributed by atoms with Gasteiger partial charge in [-0.2, -0.15) is 0 Å². The smallest absolute Gasteiger partial charge is 0.319 e. The Morgan fingerprint density at radius 3 is 2.65 bits per heavy atom. The van der Waals surface area contributed by atoms with Gasteiger partial charge in [0.15, 0.2) is 0 Å². The number of carbonyl (C=O) groups excluding carboxylic acids is 1. The number of hydrogen-bond donors (Lipinski definition) is 2. The number of hydrogen-bond acceptors (Lipinski definition) is 2. The number of halogens is 1. The van der Waals surface area contributed by atoms with Crippen molar-refractivity contribution in [1.82, 2.24) is 5.32 Å². The molecule has 0 spiro atoms. The monoisotopic (exact) mass is 331 g/mol. The quantitative estimate of drug-likeness (QED) is 0.829. The van der Waals surface area contributed by atoms with E-state index in [4.69, 9.17) is 11.6 Å². The molecule has 0 aliphatic heterocycles. The van der Waals surface area contributed by atoms with Gasteiger partial charge in [-0.3, -0.25) is 0 Å². The molecule has 23 heavy (non-hydrogen) atoms. The lowest BCUT2D eigenvalue weighted by molar-refractivity contribution is 0.252. The molecule has 0 saturated carbocycles. The lowest BCUT2D eigenvalue weighted by atomic mass is 10.2. The van der Waals surface area contributed by atoms with Gasteiger partial charge in [-0.05, 0) is 43.7 Å². The van der Waals surface area contributed by atoms with E-state index in [1.54, 1.807) is 12.1 Å². The van der Waals surface area contributed by atoms with Gasteiger partial charge in [-0.15, -0.1) is 0 Å². The minimum atomic E-state index is -0.251. The molecule has 2 rings (SSSR count). The summed E-state index contributed by atoms with van der Waals surface area (Å²) in [5.41, 5.74) is 3.00. The minimum absolute atomic E-state index is 0.251. The molecule has 0 bridgehead atoms. The molecule has 0 saturated heterocycles. The van der Waals surface area contributed by atoms with E-state index in [1.807, 2.05) is 18.2 Å². The van der Waals surface area contributed by atoms with Crippen LogP contribution in [0.4, 0.5) is 16.2 Å². The van der Waals surface area contributed by atoms with Gasteiger partial charge in [0.1, 0.15) is 0 Å². The topological polar surface area (TPSA) is 44.4 Å². The molecule has 0 radical (unpaired) electrons. The van der Waals surface area contributed by atoms with Gasteiger partial charge in [0.2, 0.25) is 0 Å². The van der Waals surface area contributed by atoms with Gasteiger partial charge in [0, 0.05) is 25.3 Å². The molecular weight excluding hydrogens is 310 g/mol. The van der Waals surface area contributed by atoms with E-state index in [2.05, 4.69) is 47.6 Å². The van der Waals surface area contributed by atoms with Crippen molar-refractivity contribution in [2.24, 2.45) is 0 Å². The Morgan fingerprint density at radius 2 is 1.96 bits per heavy atom. The zero-order valence-electron chi connectivity index (χ0n) is 13.5. The van der Waals surface area contributed by atoms with Crippen molar-refractivity contribution in [3.05, 3.63) is 59.1 Å². The first kappa shape index (κ1) is 17.2. The van der Waals surface area contributed by atoms with E-state index in [0.717, 1.165) is 13.1 Å². The number of urea groups is 1. The summed E-state index contributed by atoms with van der Waals surface area (Å²) >= 11 is 6.02. The van der Waals surface area contributed by atoms with E-state index < -0.39 is 0 Å². The SMILES string of the molecule is CCN(CCNC(=O)Nc1ccccc1Cl)c1cccc(C)c1. The number of rotatable bonds is 6. The molecule has 4 nitrogen and oxygen atoms in total. The van der Waals surface area contributed by atoms with Gasteiger partial charge >= 0.3 is 6.03 Å². The molecule has 0 unspecified atom stereocenters. The number of likely N-dealkylation sites (N-methyl/N-ethyl adjacent to an activating group) is 1. The first-order valence-electron chi connectivity index (χ1n) is 7.71. The number of anilines is 2. The van der Waals surface area contributed by atoms with Gasteiger partial charge < -0.3 is 15.5 Å². The maximum atomic E-state index is 11.9. The molecule has 0 aliphatic carbocycles. The summed E-state index contributed by atoms with van der Waals surface area (Å²) in [7, 11) is 0. The Labute approximate surface area is 142 Å². The molecule has 0 atom stereocenters. The molecule has 122 valence electrons. The summed E-state index contributed by atoms with van der Waals surface area (Å²) in [5.74, 6) is 0. The average Bonchev–Trinajstić information content (AvgIpc) is 2.54. The largest absolute Gasteiger partial charge is 0.370 e. The highest BCUT2D eigenvalue weighted by atomic mass is 35.5. The number of nitrogens with zero attached hydrogens (tertiary/aromatic N) is 1. The summed E-state index contributed by atoms with van der Waals surface area (Å²) in [6.45, 7) is 6.37. The Morgan fingerprint density at radius 1 is 1.17 bits per heavy atom. The lowest BCUT2D eigenvalue weighted by Gasteiger charge is -2.23. The van der Waals surface area contributed by atoms with Crippen molar-refractivity contribution in [1.29, 1.82) is 0 Å². The number of aryl methyl sites for hydroxylation is 1. The second-order valence-corrected chi connectivity index (χ2v) is 5.69. The summed E-state index contributed by atoms with van der Waals surface area (Å²) in [4.78, 5) is 14.2. The van der Waals surface area contributed by atoms with Crippen LogP contribution in [0.25, 0.3) is 0 Å². The van der Waals surface area contributed by atoms with Gasteiger partial charge in [-0.25, -0.2) is 4.79 Å². The Bertz CT molecular complexity index is 660. The van der Waals surface area contributed by atoms with Crippen molar-refractivity contribution in [2.75, 3.05) is 29.9 Å². The number of nitrogens with one attached hydrogen (secondary N) is 2. The average molecular weight is 332 g/mol. The van der Waals surface area contributed by atoms with Crippen LogP contribution in [-0.2, 0) is 0 Å². The first-order chi connectivity index (χ1) is 11.1. The Kier molecular flexibility index (Phi) is 6.29. The molecule has 0 aliphatic rings. The summed E-state index contributed by atoms with van der Waals surface area (Å²) in [5, 5.41) is 6.13. The molecule has 0 fully saturated rings. The van der Waals surface area contributed by atoms with Crippen LogP contribution in [0.3, 0.4) is 0 Å². The summed E-state index contributed by atoms with van der Waals surface area (Å²) in [6, 6.07) is 15.3. The normalized spacial score (nSPS) is 10.2. The maximum absolute atomic E-state index is 11.9. The van der Waals surface area contributed by atoms with Gasteiger partial charge in [0.25, 0.3) is 0 Å². The van der Waals surface area contributed by atoms with Crippen molar-refractivity contribution in [2.45, 2.75) is 13.8 Å². The molecule has 0 aromatic heterocycles. The van der Waals surface area contributed by atoms with Gasteiger partial charge in [-0.1, -0.05) is 35.9 Å². The molecule has 5 heteroatoms. The maximum Gasteiger partial charge on any atom is 0.319 e. The number of amides is 2. The van der Waals surface area contributed by atoms with Crippen LogP contribution in [0.5, 0.6) is 0 Å². The van der Waals surface area contributed by atoms with Crippen LogP contribution >= 0.6 is 11.6 Å². The van der Waals surface area contributed by atoms with Crippen molar-refractivity contribution >= 4 is 29.0 Å². The predicted octanol–water partition coefficient (Wildman–Crippen LogP) is 4.30.